The highest BCUT2D eigenvalue weighted by Gasteiger charge is 2.25. The number of carbonyl (C=O) groups is 1. The summed E-state index contributed by atoms with van der Waals surface area (Å²) in [6, 6.07) is 3.98. The Hall–Kier alpha value is -1.35. The van der Waals surface area contributed by atoms with Crippen molar-refractivity contribution in [2.75, 3.05) is 19.7 Å². The molecular formula is C13H18ClN3O4S. The van der Waals surface area contributed by atoms with E-state index >= 15 is 0 Å². The smallest absolute Gasteiger partial charge is 0.255 e. The standard InChI is InChI=1S/C13H18ClN3O4S/c14-9-3-4-11(21-8-13(15)18)12(6-9)22(19,20)17-10-2-1-5-16-7-10/h3-4,6,10,16-17H,1-2,5,7-8H2,(H2,15,18). The van der Waals surface area contributed by atoms with Gasteiger partial charge in [-0.1, -0.05) is 11.6 Å². The molecule has 0 saturated carbocycles. The first kappa shape index (κ1) is 17.0. The Morgan fingerprint density at radius 2 is 2.27 bits per heavy atom. The molecule has 1 aromatic carbocycles. The summed E-state index contributed by atoms with van der Waals surface area (Å²) in [5.41, 5.74) is 5.02. The van der Waals surface area contributed by atoms with Gasteiger partial charge in [-0.25, -0.2) is 13.1 Å². The van der Waals surface area contributed by atoms with Gasteiger partial charge in [0.2, 0.25) is 10.0 Å². The van der Waals surface area contributed by atoms with Crippen LogP contribution in [0, 0.1) is 0 Å². The van der Waals surface area contributed by atoms with E-state index in [1.165, 1.54) is 18.2 Å². The van der Waals surface area contributed by atoms with Crippen molar-refractivity contribution in [3.8, 4) is 5.75 Å². The third kappa shape index (κ3) is 4.57. The number of primary amides is 1. The molecule has 1 amide bonds. The second-order valence-electron chi connectivity index (χ2n) is 5.01. The molecule has 1 aliphatic rings. The van der Waals surface area contributed by atoms with Gasteiger partial charge in [-0.3, -0.25) is 4.79 Å². The van der Waals surface area contributed by atoms with Crippen LogP contribution in [0.2, 0.25) is 5.02 Å². The van der Waals surface area contributed by atoms with Gasteiger partial charge < -0.3 is 15.8 Å². The summed E-state index contributed by atoms with van der Waals surface area (Å²) >= 11 is 5.88. The molecule has 4 N–H and O–H groups in total. The van der Waals surface area contributed by atoms with Crippen LogP contribution < -0.4 is 20.5 Å². The molecule has 22 heavy (non-hydrogen) atoms. The predicted molar refractivity (Wildman–Crippen MR) is 82.4 cm³/mol. The molecular weight excluding hydrogens is 330 g/mol. The van der Waals surface area contributed by atoms with Crippen molar-refractivity contribution in [2.45, 2.75) is 23.8 Å². The highest BCUT2D eigenvalue weighted by Crippen LogP contribution is 2.27. The molecule has 1 fully saturated rings. The van der Waals surface area contributed by atoms with Crippen molar-refractivity contribution in [1.29, 1.82) is 0 Å². The van der Waals surface area contributed by atoms with Crippen LogP contribution in [0.3, 0.4) is 0 Å². The first-order chi connectivity index (χ1) is 10.4. The van der Waals surface area contributed by atoms with E-state index in [9.17, 15) is 13.2 Å². The van der Waals surface area contributed by atoms with E-state index in [4.69, 9.17) is 22.1 Å². The SMILES string of the molecule is NC(=O)COc1ccc(Cl)cc1S(=O)(=O)NC1CCCNC1. The van der Waals surface area contributed by atoms with E-state index in [1.807, 2.05) is 0 Å². The molecule has 1 saturated heterocycles. The van der Waals surface area contributed by atoms with Gasteiger partial charge in [-0.15, -0.1) is 0 Å². The minimum Gasteiger partial charge on any atom is -0.482 e. The van der Waals surface area contributed by atoms with Crippen molar-refractivity contribution < 1.29 is 17.9 Å². The maximum absolute atomic E-state index is 12.5. The number of benzene rings is 1. The zero-order valence-electron chi connectivity index (χ0n) is 11.8. The number of halogens is 1. The number of amides is 1. The minimum atomic E-state index is -3.81. The lowest BCUT2D eigenvalue weighted by atomic mass is 10.1. The number of sulfonamides is 1. The van der Waals surface area contributed by atoms with Gasteiger partial charge >= 0.3 is 0 Å². The normalized spacial score (nSPS) is 18.9. The highest BCUT2D eigenvalue weighted by atomic mass is 35.5. The summed E-state index contributed by atoms with van der Waals surface area (Å²) in [5.74, 6) is -0.651. The molecule has 0 aromatic heterocycles. The van der Waals surface area contributed by atoms with Crippen LogP contribution in [-0.4, -0.2) is 40.1 Å². The first-order valence-corrected chi connectivity index (χ1v) is 8.68. The molecule has 1 unspecified atom stereocenters. The van der Waals surface area contributed by atoms with E-state index in [1.54, 1.807) is 0 Å². The first-order valence-electron chi connectivity index (χ1n) is 6.82. The van der Waals surface area contributed by atoms with Crippen LogP contribution in [0.15, 0.2) is 23.1 Å². The van der Waals surface area contributed by atoms with Gasteiger partial charge in [-0.05, 0) is 37.6 Å². The Kier molecular flexibility index (Phi) is 5.63. The van der Waals surface area contributed by atoms with E-state index in [-0.39, 0.29) is 21.7 Å². The van der Waals surface area contributed by atoms with Gasteiger partial charge in [-0.2, -0.15) is 0 Å². The number of hydrogen-bond donors (Lipinski definition) is 3. The van der Waals surface area contributed by atoms with E-state index in [0.717, 1.165) is 19.4 Å². The Morgan fingerprint density at radius 3 is 2.91 bits per heavy atom. The Balaban J connectivity index is 2.23. The fraction of sp³-hybridized carbons (Fsp3) is 0.462. The van der Waals surface area contributed by atoms with Gasteiger partial charge in [0.25, 0.3) is 5.91 Å². The molecule has 1 aromatic rings. The average molecular weight is 348 g/mol. The topological polar surface area (TPSA) is 111 Å². The number of rotatable bonds is 6. The molecule has 7 nitrogen and oxygen atoms in total. The molecule has 1 heterocycles. The molecule has 0 bridgehead atoms. The van der Waals surface area contributed by atoms with Gasteiger partial charge in [0.15, 0.2) is 6.61 Å². The Labute approximate surface area is 134 Å². The van der Waals surface area contributed by atoms with Crippen molar-refractivity contribution in [2.24, 2.45) is 5.73 Å². The Morgan fingerprint density at radius 1 is 1.50 bits per heavy atom. The van der Waals surface area contributed by atoms with Crippen LogP contribution in [0.4, 0.5) is 0 Å². The zero-order valence-corrected chi connectivity index (χ0v) is 13.4. The highest BCUT2D eigenvalue weighted by molar-refractivity contribution is 7.89. The summed E-state index contributed by atoms with van der Waals surface area (Å²) < 4.78 is 32.8. The summed E-state index contributed by atoms with van der Waals surface area (Å²) in [6.07, 6.45) is 1.65. The van der Waals surface area contributed by atoms with Gasteiger partial charge in [0.05, 0.1) is 0 Å². The summed E-state index contributed by atoms with van der Waals surface area (Å²) in [5, 5.41) is 3.39. The number of hydrogen-bond acceptors (Lipinski definition) is 5. The lowest BCUT2D eigenvalue weighted by Crippen LogP contribution is -2.45. The third-order valence-corrected chi connectivity index (χ3v) is 4.96. The number of ether oxygens (including phenoxy) is 1. The lowest BCUT2D eigenvalue weighted by Gasteiger charge is -2.24. The molecule has 0 spiro atoms. The van der Waals surface area contributed by atoms with Crippen molar-refractivity contribution in [3.05, 3.63) is 23.2 Å². The van der Waals surface area contributed by atoms with E-state index in [2.05, 4.69) is 10.0 Å². The summed E-state index contributed by atoms with van der Waals surface area (Å²) in [7, 11) is -3.81. The second kappa shape index (κ2) is 7.28. The average Bonchev–Trinajstić information content (AvgIpc) is 2.46. The van der Waals surface area contributed by atoms with Gasteiger partial charge in [0.1, 0.15) is 10.6 Å². The lowest BCUT2D eigenvalue weighted by molar-refractivity contribution is -0.120. The largest absolute Gasteiger partial charge is 0.482 e. The quantitative estimate of drug-likeness (QED) is 0.682. The molecule has 2 rings (SSSR count). The number of carbonyl (C=O) groups excluding carboxylic acids is 1. The number of nitrogens with one attached hydrogen (secondary N) is 2. The summed E-state index contributed by atoms with van der Waals surface area (Å²) in [4.78, 5) is 10.7. The van der Waals surface area contributed by atoms with Crippen LogP contribution in [-0.2, 0) is 14.8 Å². The van der Waals surface area contributed by atoms with Crippen LogP contribution >= 0.6 is 11.6 Å². The third-order valence-electron chi connectivity index (χ3n) is 3.18. The van der Waals surface area contributed by atoms with Crippen molar-refractivity contribution >= 4 is 27.5 Å². The van der Waals surface area contributed by atoms with Gasteiger partial charge in [0, 0.05) is 17.6 Å². The summed E-state index contributed by atoms with van der Waals surface area (Å²) in [6.45, 7) is 1.04. The second-order valence-corrected chi connectivity index (χ2v) is 7.13. The van der Waals surface area contributed by atoms with Crippen molar-refractivity contribution in [3.63, 3.8) is 0 Å². The molecule has 9 heteroatoms. The fourth-order valence-corrected chi connectivity index (χ4v) is 3.87. The fourth-order valence-electron chi connectivity index (χ4n) is 2.20. The Bertz CT molecular complexity index is 645. The maximum Gasteiger partial charge on any atom is 0.255 e. The zero-order chi connectivity index (χ0) is 16.2. The molecule has 1 aliphatic heterocycles. The monoisotopic (exact) mass is 347 g/mol. The van der Waals surface area contributed by atoms with Crippen LogP contribution in [0.5, 0.6) is 5.75 Å². The van der Waals surface area contributed by atoms with Crippen molar-refractivity contribution in [1.82, 2.24) is 10.0 Å². The predicted octanol–water partition coefficient (Wildman–Crippen LogP) is 0.234. The molecule has 0 aliphatic carbocycles. The van der Waals surface area contributed by atoms with Crippen LogP contribution in [0.1, 0.15) is 12.8 Å². The molecule has 1 atom stereocenters. The van der Waals surface area contributed by atoms with E-state index < -0.39 is 22.5 Å². The van der Waals surface area contributed by atoms with E-state index in [0.29, 0.717) is 6.54 Å². The molecule has 122 valence electrons. The molecule has 0 radical (unpaired) electrons. The minimum absolute atomic E-state index is 0.0412. The number of piperidine rings is 1. The number of nitrogens with two attached hydrogens (primary N) is 1. The maximum atomic E-state index is 12.5. The van der Waals surface area contributed by atoms with Crippen LogP contribution in [0.25, 0.3) is 0 Å².